The number of ether oxygens (including phenoxy) is 2. The summed E-state index contributed by atoms with van der Waals surface area (Å²) in [6.07, 6.45) is 1.55. The van der Waals surface area contributed by atoms with Crippen molar-refractivity contribution in [2.75, 3.05) is 18.5 Å². The van der Waals surface area contributed by atoms with Crippen LogP contribution in [0.3, 0.4) is 0 Å². The van der Waals surface area contributed by atoms with Gasteiger partial charge in [0.15, 0.2) is 6.61 Å². The maximum atomic E-state index is 13.0. The molecule has 8 heteroatoms. The predicted molar refractivity (Wildman–Crippen MR) is 118 cm³/mol. The minimum Gasteiger partial charge on any atom is -0.494 e. The van der Waals surface area contributed by atoms with Crippen molar-refractivity contribution in [3.05, 3.63) is 83.8 Å². The number of benzene rings is 2. The Morgan fingerprint density at radius 2 is 1.78 bits per heavy atom. The molecule has 0 aliphatic heterocycles. The molecule has 2 aromatic carbocycles. The second-order valence-corrected chi connectivity index (χ2v) is 6.90. The molecule has 1 heterocycles. The zero-order valence-electron chi connectivity index (χ0n) is 17.8. The lowest BCUT2D eigenvalue weighted by atomic mass is 10.1. The van der Waals surface area contributed by atoms with Crippen LogP contribution in [0, 0.1) is 5.82 Å². The lowest BCUT2D eigenvalue weighted by Crippen LogP contribution is -2.31. The third kappa shape index (κ3) is 6.28. The average molecular weight is 437 g/mol. The Hall–Kier alpha value is -3.94. The van der Waals surface area contributed by atoms with Gasteiger partial charge in [-0.1, -0.05) is 12.1 Å². The molecule has 7 nitrogen and oxygen atoms in total. The van der Waals surface area contributed by atoms with Crippen LogP contribution < -0.4 is 15.4 Å². The van der Waals surface area contributed by atoms with Gasteiger partial charge in [-0.15, -0.1) is 0 Å². The normalized spacial score (nSPS) is 11.3. The van der Waals surface area contributed by atoms with Crippen LogP contribution in [0.5, 0.6) is 5.75 Å². The Balaban J connectivity index is 1.58. The highest BCUT2D eigenvalue weighted by Gasteiger charge is 2.17. The highest BCUT2D eigenvalue weighted by molar-refractivity contribution is 5.96. The van der Waals surface area contributed by atoms with Crippen LogP contribution in [0.1, 0.15) is 35.8 Å². The number of amides is 1. The maximum Gasteiger partial charge on any atom is 0.342 e. The van der Waals surface area contributed by atoms with Crippen molar-refractivity contribution in [3.63, 3.8) is 0 Å². The number of nitrogens with one attached hydrogen (secondary N) is 2. The van der Waals surface area contributed by atoms with Crippen molar-refractivity contribution >= 4 is 23.4 Å². The SMILES string of the molecule is CCOc1ccc(Nc2ncccc2C(=O)OCC(=O)NC(C)c2ccc(F)cc2)cc1. The van der Waals surface area contributed by atoms with E-state index in [2.05, 4.69) is 15.6 Å². The summed E-state index contributed by atoms with van der Waals surface area (Å²) in [7, 11) is 0. The fraction of sp³-hybridized carbons (Fsp3) is 0.208. The van der Waals surface area contributed by atoms with Gasteiger partial charge in [-0.25, -0.2) is 14.2 Å². The van der Waals surface area contributed by atoms with Crippen molar-refractivity contribution in [2.45, 2.75) is 19.9 Å². The molecule has 0 spiro atoms. The summed E-state index contributed by atoms with van der Waals surface area (Å²) in [6.45, 7) is 3.77. The average Bonchev–Trinajstić information content (AvgIpc) is 2.80. The number of halogens is 1. The van der Waals surface area contributed by atoms with Gasteiger partial charge in [-0.2, -0.15) is 0 Å². The first-order chi connectivity index (χ1) is 15.5. The van der Waals surface area contributed by atoms with Crippen molar-refractivity contribution in [2.24, 2.45) is 0 Å². The summed E-state index contributed by atoms with van der Waals surface area (Å²) in [5.74, 6) is -0.468. The van der Waals surface area contributed by atoms with Gasteiger partial charge in [-0.05, 0) is 67.9 Å². The molecule has 166 valence electrons. The van der Waals surface area contributed by atoms with Gasteiger partial charge in [0.2, 0.25) is 0 Å². The summed E-state index contributed by atoms with van der Waals surface area (Å²) in [4.78, 5) is 28.9. The summed E-state index contributed by atoms with van der Waals surface area (Å²) in [5.41, 5.74) is 1.65. The van der Waals surface area contributed by atoms with E-state index in [1.807, 2.05) is 6.92 Å². The molecule has 0 radical (unpaired) electrons. The van der Waals surface area contributed by atoms with Gasteiger partial charge >= 0.3 is 5.97 Å². The maximum absolute atomic E-state index is 13.0. The minimum atomic E-state index is -0.684. The first kappa shape index (κ1) is 22.7. The number of rotatable bonds is 9. The van der Waals surface area contributed by atoms with E-state index in [1.54, 1.807) is 61.7 Å². The Bertz CT molecular complexity index is 1060. The summed E-state index contributed by atoms with van der Waals surface area (Å²) in [6, 6.07) is 15.8. The van der Waals surface area contributed by atoms with E-state index < -0.39 is 18.5 Å². The van der Waals surface area contributed by atoms with Crippen LogP contribution >= 0.6 is 0 Å². The molecule has 1 atom stereocenters. The molecule has 1 aromatic heterocycles. The van der Waals surface area contributed by atoms with Gasteiger partial charge in [0, 0.05) is 11.9 Å². The number of carbonyl (C=O) groups excluding carboxylic acids is 2. The lowest BCUT2D eigenvalue weighted by Gasteiger charge is -2.15. The van der Waals surface area contributed by atoms with Crippen molar-refractivity contribution in [3.8, 4) is 5.75 Å². The van der Waals surface area contributed by atoms with Crippen LogP contribution in [0.25, 0.3) is 0 Å². The summed E-state index contributed by atoms with van der Waals surface area (Å²) in [5, 5.41) is 5.78. The van der Waals surface area contributed by atoms with Crippen LogP contribution in [0.15, 0.2) is 66.9 Å². The fourth-order valence-corrected chi connectivity index (χ4v) is 2.93. The molecular weight excluding hydrogens is 413 g/mol. The number of pyridine rings is 1. The van der Waals surface area contributed by atoms with E-state index in [-0.39, 0.29) is 17.4 Å². The molecule has 0 aliphatic carbocycles. The molecule has 1 amide bonds. The number of esters is 1. The number of nitrogens with zero attached hydrogens (tertiary/aromatic N) is 1. The number of hydrogen-bond donors (Lipinski definition) is 2. The molecule has 0 saturated carbocycles. The van der Waals surface area contributed by atoms with Crippen LogP contribution in [0.4, 0.5) is 15.9 Å². The number of carbonyl (C=O) groups is 2. The molecule has 3 rings (SSSR count). The van der Waals surface area contributed by atoms with Crippen molar-refractivity contribution in [1.29, 1.82) is 0 Å². The quantitative estimate of drug-likeness (QED) is 0.483. The molecule has 0 aliphatic rings. The molecule has 1 unspecified atom stereocenters. The molecule has 0 saturated heterocycles. The van der Waals surface area contributed by atoms with E-state index in [0.29, 0.717) is 18.1 Å². The molecule has 0 bridgehead atoms. The largest absolute Gasteiger partial charge is 0.494 e. The molecule has 32 heavy (non-hydrogen) atoms. The highest BCUT2D eigenvalue weighted by atomic mass is 19.1. The Kier molecular flexibility index (Phi) is 7.75. The number of anilines is 2. The minimum absolute atomic E-state index is 0.195. The Morgan fingerprint density at radius 3 is 2.47 bits per heavy atom. The van der Waals surface area contributed by atoms with Crippen molar-refractivity contribution in [1.82, 2.24) is 10.3 Å². The summed E-state index contributed by atoms with van der Waals surface area (Å²) >= 11 is 0. The molecule has 0 fully saturated rings. The molecule has 3 aromatic rings. The second-order valence-electron chi connectivity index (χ2n) is 6.90. The molecular formula is C24H24FN3O4. The van der Waals surface area contributed by atoms with E-state index in [1.165, 1.54) is 12.1 Å². The fourth-order valence-electron chi connectivity index (χ4n) is 2.93. The van der Waals surface area contributed by atoms with Crippen molar-refractivity contribution < 1.29 is 23.5 Å². The predicted octanol–water partition coefficient (Wildman–Crippen LogP) is 4.40. The topological polar surface area (TPSA) is 89.6 Å². The van der Waals surface area contributed by atoms with Gasteiger partial charge < -0.3 is 20.1 Å². The van der Waals surface area contributed by atoms with Gasteiger partial charge in [0.05, 0.1) is 12.6 Å². The Morgan fingerprint density at radius 1 is 1.06 bits per heavy atom. The number of hydrogen-bond acceptors (Lipinski definition) is 6. The lowest BCUT2D eigenvalue weighted by molar-refractivity contribution is -0.124. The second kappa shape index (κ2) is 10.9. The zero-order valence-corrected chi connectivity index (χ0v) is 17.8. The van der Waals surface area contributed by atoms with E-state index in [4.69, 9.17) is 9.47 Å². The van der Waals surface area contributed by atoms with Crippen LogP contribution in [0.2, 0.25) is 0 Å². The van der Waals surface area contributed by atoms with Crippen LogP contribution in [-0.2, 0) is 9.53 Å². The van der Waals surface area contributed by atoms with Gasteiger partial charge in [0.25, 0.3) is 5.91 Å². The summed E-state index contributed by atoms with van der Waals surface area (Å²) < 4.78 is 23.6. The highest BCUT2D eigenvalue weighted by Crippen LogP contribution is 2.22. The third-order valence-electron chi connectivity index (χ3n) is 4.54. The zero-order chi connectivity index (χ0) is 22.9. The molecule has 2 N–H and O–H groups in total. The number of aromatic nitrogens is 1. The monoisotopic (exact) mass is 437 g/mol. The standard InChI is InChI=1S/C24H24FN3O4/c1-3-31-20-12-10-19(11-13-20)28-23-21(5-4-14-26-23)24(30)32-15-22(29)27-16(2)17-6-8-18(25)9-7-17/h4-14,16H,3,15H2,1-2H3,(H,26,28)(H,27,29). The van der Waals surface area contributed by atoms with E-state index >= 15 is 0 Å². The Labute approximate surface area is 185 Å². The van der Waals surface area contributed by atoms with Gasteiger partial charge in [-0.3, -0.25) is 4.79 Å². The first-order valence-corrected chi connectivity index (χ1v) is 10.1. The van der Waals surface area contributed by atoms with Gasteiger partial charge in [0.1, 0.15) is 22.9 Å². The van der Waals surface area contributed by atoms with E-state index in [9.17, 15) is 14.0 Å². The van der Waals surface area contributed by atoms with Crippen LogP contribution in [-0.4, -0.2) is 30.1 Å². The third-order valence-corrected chi connectivity index (χ3v) is 4.54. The van der Waals surface area contributed by atoms with E-state index in [0.717, 1.165) is 11.3 Å². The smallest absolute Gasteiger partial charge is 0.342 e. The first-order valence-electron chi connectivity index (χ1n) is 10.1.